The molecule has 0 atom stereocenters. The Morgan fingerprint density at radius 1 is 1.10 bits per heavy atom. The van der Waals surface area contributed by atoms with Gasteiger partial charge >= 0.3 is 0 Å². The van der Waals surface area contributed by atoms with E-state index in [1.807, 2.05) is 0 Å². The van der Waals surface area contributed by atoms with Crippen LogP contribution in [0, 0.1) is 5.82 Å². The van der Waals surface area contributed by atoms with Crippen LogP contribution in [-0.4, -0.2) is 29.3 Å². The van der Waals surface area contributed by atoms with E-state index in [9.17, 15) is 18.8 Å². The van der Waals surface area contributed by atoms with Crippen molar-refractivity contribution >= 4 is 63.1 Å². The highest BCUT2D eigenvalue weighted by Gasteiger charge is 2.15. The summed E-state index contributed by atoms with van der Waals surface area (Å²) in [7, 11) is 0. The van der Waals surface area contributed by atoms with Gasteiger partial charge in [-0.2, -0.15) is 0 Å². The van der Waals surface area contributed by atoms with E-state index in [0.717, 1.165) is 11.3 Å². The van der Waals surface area contributed by atoms with Crippen LogP contribution < -0.4 is 16.0 Å². The molecule has 2 aromatic carbocycles. The van der Waals surface area contributed by atoms with Crippen molar-refractivity contribution in [2.24, 2.45) is 0 Å². The summed E-state index contributed by atoms with van der Waals surface area (Å²) in [5.74, 6) is -1.92. The number of nitrogens with zero attached hydrogens (tertiary/aromatic N) is 1. The van der Waals surface area contributed by atoms with Crippen molar-refractivity contribution in [3.05, 3.63) is 63.2 Å². The van der Waals surface area contributed by atoms with Gasteiger partial charge in [-0.3, -0.25) is 14.4 Å². The Morgan fingerprint density at radius 3 is 2.55 bits per heavy atom. The quantitative estimate of drug-likeness (QED) is 0.480. The first-order chi connectivity index (χ1) is 14.7. The van der Waals surface area contributed by atoms with Crippen molar-refractivity contribution < 1.29 is 18.8 Å². The average molecular weight is 481 g/mol. The number of nitrogens with one attached hydrogen (secondary N) is 3. The Kier molecular flexibility index (Phi) is 7.21. The highest BCUT2D eigenvalue weighted by molar-refractivity contribution is 7.14. The predicted molar refractivity (Wildman–Crippen MR) is 119 cm³/mol. The number of carbonyl (C=O) groups excluding carboxylic acids is 3. The monoisotopic (exact) mass is 480 g/mol. The van der Waals surface area contributed by atoms with E-state index in [2.05, 4.69) is 20.9 Å². The molecule has 1 aromatic heterocycles. The molecular formula is C20H15Cl2FN4O3S. The number of hydrogen-bond acceptors (Lipinski definition) is 5. The van der Waals surface area contributed by atoms with E-state index in [4.69, 9.17) is 23.2 Å². The third-order valence-corrected chi connectivity index (χ3v) is 5.21. The fraction of sp³-hybridized carbons (Fsp3) is 0.100. The molecule has 11 heteroatoms. The van der Waals surface area contributed by atoms with Crippen molar-refractivity contribution in [3.63, 3.8) is 0 Å². The second-order valence-electron chi connectivity index (χ2n) is 6.27. The highest BCUT2D eigenvalue weighted by atomic mass is 35.5. The maximum absolute atomic E-state index is 14.3. The topological polar surface area (TPSA) is 100 Å². The molecule has 3 rings (SSSR count). The van der Waals surface area contributed by atoms with Gasteiger partial charge in [0.1, 0.15) is 5.82 Å². The van der Waals surface area contributed by atoms with Gasteiger partial charge in [0.05, 0.1) is 22.8 Å². The molecule has 0 saturated carbocycles. The van der Waals surface area contributed by atoms with Crippen LogP contribution in [0.4, 0.5) is 15.2 Å². The molecule has 0 bridgehead atoms. The van der Waals surface area contributed by atoms with E-state index < -0.39 is 17.6 Å². The Balaban J connectivity index is 1.60. The maximum atomic E-state index is 14.3. The predicted octanol–water partition coefficient (Wildman–Crippen LogP) is 4.58. The van der Waals surface area contributed by atoms with Crippen molar-refractivity contribution in [3.8, 4) is 11.3 Å². The molecule has 3 amide bonds. The van der Waals surface area contributed by atoms with Crippen LogP contribution in [0.3, 0.4) is 0 Å². The van der Waals surface area contributed by atoms with Crippen molar-refractivity contribution in [1.29, 1.82) is 0 Å². The molecule has 0 spiro atoms. The smallest absolute Gasteiger partial charge is 0.253 e. The van der Waals surface area contributed by atoms with Crippen molar-refractivity contribution in [2.75, 3.05) is 17.2 Å². The van der Waals surface area contributed by atoms with Gasteiger partial charge in [-0.1, -0.05) is 23.2 Å². The van der Waals surface area contributed by atoms with Gasteiger partial charge in [-0.05, 0) is 36.4 Å². The minimum absolute atomic E-state index is 0.168. The number of rotatable bonds is 6. The SMILES string of the molecule is CC(=O)Nc1ccc(-c2csc(NC(=O)CNC(=O)c3ccc(Cl)cc3Cl)n2)c(F)c1. The third kappa shape index (κ3) is 6.00. The first-order valence-corrected chi connectivity index (χ1v) is 10.4. The zero-order valence-electron chi connectivity index (χ0n) is 16.0. The standard InChI is InChI=1S/C20H15Cl2FN4O3S/c1-10(28)25-12-3-5-14(16(23)7-12)17-9-31-20(26-17)27-18(29)8-24-19(30)13-4-2-11(21)6-15(13)22/h2-7,9H,8H2,1H3,(H,24,30)(H,25,28)(H,26,27,29). The summed E-state index contributed by atoms with van der Waals surface area (Å²) >= 11 is 12.9. The first-order valence-electron chi connectivity index (χ1n) is 8.79. The molecule has 0 aliphatic heterocycles. The molecule has 0 aliphatic carbocycles. The van der Waals surface area contributed by atoms with Crippen LogP contribution in [0.5, 0.6) is 0 Å². The summed E-state index contributed by atoms with van der Waals surface area (Å²) in [6, 6.07) is 8.62. The minimum atomic E-state index is -0.568. The Bertz CT molecular complexity index is 1170. The van der Waals surface area contributed by atoms with Crippen LogP contribution in [0.2, 0.25) is 10.0 Å². The van der Waals surface area contributed by atoms with Crippen LogP contribution in [0.25, 0.3) is 11.3 Å². The zero-order chi connectivity index (χ0) is 22.5. The van der Waals surface area contributed by atoms with E-state index in [0.29, 0.717) is 16.4 Å². The van der Waals surface area contributed by atoms with Gasteiger partial charge in [0.25, 0.3) is 5.91 Å². The van der Waals surface area contributed by atoms with E-state index in [1.54, 1.807) is 11.4 Å². The summed E-state index contributed by atoms with van der Waals surface area (Å²) in [6.07, 6.45) is 0. The molecule has 0 unspecified atom stereocenters. The Hall–Kier alpha value is -3.01. The summed E-state index contributed by atoms with van der Waals surface area (Å²) in [6.45, 7) is 1.01. The number of amides is 3. The summed E-state index contributed by atoms with van der Waals surface area (Å²) in [4.78, 5) is 39.5. The fourth-order valence-corrected chi connectivity index (χ4v) is 3.77. The molecule has 0 saturated heterocycles. The molecule has 160 valence electrons. The van der Waals surface area contributed by atoms with Gasteiger partial charge in [-0.15, -0.1) is 11.3 Å². The number of thiazole rings is 1. The number of anilines is 2. The molecule has 0 radical (unpaired) electrons. The molecule has 0 aliphatic rings. The van der Waals surface area contributed by atoms with E-state index in [-0.39, 0.29) is 33.7 Å². The number of hydrogen-bond donors (Lipinski definition) is 3. The van der Waals surface area contributed by atoms with Gasteiger partial charge < -0.3 is 16.0 Å². The Morgan fingerprint density at radius 2 is 1.87 bits per heavy atom. The number of aromatic nitrogens is 1. The second kappa shape index (κ2) is 9.86. The average Bonchev–Trinajstić information content (AvgIpc) is 3.13. The lowest BCUT2D eigenvalue weighted by Crippen LogP contribution is -2.33. The lowest BCUT2D eigenvalue weighted by Gasteiger charge is -2.07. The Labute approximate surface area is 190 Å². The molecular weight excluding hydrogens is 466 g/mol. The number of halogens is 3. The van der Waals surface area contributed by atoms with Gasteiger partial charge in [0.15, 0.2) is 5.13 Å². The van der Waals surface area contributed by atoms with Crippen LogP contribution in [0.1, 0.15) is 17.3 Å². The number of benzene rings is 2. The highest BCUT2D eigenvalue weighted by Crippen LogP contribution is 2.28. The molecule has 3 N–H and O–H groups in total. The third-order valence-electron chi connectivity index (χ3n) is 3.90. The molecule has 1 heterocycles. The number of carbonyl (C=O) groups is 3. The van der Waals surface area contributed by atoms with Crippen LogP contribution in [-0.2, 0) is 9.59 Å². The summed E-state index contributed by atoms with van der Waals surface area (Å²) < 4.78 is 14.3. The fourth-order valence-electron chi connectivity index (χ4n) is 2.55. The van der Waals surface area contributed by atoms with E-state index >= 15 is 0 Å². The lowest BCUT2D eigenvalue weighted by atomic mass is 10.1. The van der Waals surface area contributed by atoms with Gasteiger partial charge in [0.2, 0.25) is 11.8 Å². The second-order valence-corrected chi connectivity index (χ2v) is 7.97. The van der Waals surface area contributed by atoms with Crippen LogP contribution in [0.15, 0.2) is 41.8 Å². The van der Waals surface area contributed by atoms with Crippen molar-refractivity contribution in [1.82, 2.24) is 10.3 Å². The van der Waals surface area contributed by atoms with Crippen LogP contribution >= 0.6 is 34.5 Å². The normalized spacial score (nSPS) is 10.5. The molecule has 31 heavy (non-hydrogen) atoms. The largest absolute Gasteiger partial charge is 0.343 e. The van der Waals surface area contributed by atoms with Crippen molar-refractivity contribution in [2.45, 2.75) is 6.92 Å². The maximum Gasteiger partial charge on any atom is 0.253 e. The zero-order valence-corrected chi connectivity index (χ0v) is 18.3. The van der Waals surface area contributed by atoms with Gasteiger partial charge in [0, 0.05) is 28.6 Å². The minimum Gasteiger partial charge on any atom is -0.343 e. The molecule has 0 fully saturated rings. The van der Waals surface area contributed by atoms with E-state index in [1.165, 1.54) is 37.3 Å². The van der Waals surface area contributed by atoms with Gasteiger partial charge in [-0.25, -0.2) is 9.37 Å². The molecule has 7 nitrogen and oxygen atoms in total. The summed E-state index contributed by atoms with van der Waals surface area (Å²) in [5, 5.41) is 9.86. The lowest BCUT2D eigenvalue weighted by molar-refractivity contribution is -0.115. The summed E-state index contributed by atoms with van der Waals surface area (Å²) in [5.41, 5.74) is 1.06. The molecule has 3 aromatic rings. The first kappa shape index (κ1) is 22.7.